The van der Waals surface area contributed by atoms with Crippen LogP contribution >= 0.6 is 0 Å². The van der Waals surface area contributed by atoms with Crippen molar-refractivity contribution in [3.63, 3.8) is 0 Å². The zero-order valence-electron chi connectivity index (χ0n) is 19.8. The first kappa shape index (κ1) is 26.5. The lowest BCUT2D eigenvalue weighted by Gasteiger charge is -2.40. The van der Waals surface area contributed by atoms with E-state index in [0.717, 1.165) is 23.3 Å². The fraction of sp³-hybridized carbons (Fsp3) is 0.259. The summed E-state index contributed by atoms with van der Waals surface area (Å²) in [4.78, 5) is 18.1. The molecule has 1 atom stereocenters. The minimum Gasteiger partial charge on any atom is -0.508 e. The number of rotatable bonds is 5. The quantitative estimate of drug-likeness (QED) is 0.260. The predicted molar refractivity (Wildman–Crippen MR) is 131 cm³/mol. The van der Waals surface area contributed by atoms with Crippen molar-refractivity contribution in [2.45, 2.75) is 39.7 Å². The van der Waals surface area contributed by atoms with E-state index in [1.807, 2.05) is 20.8 Å². The number of β-lactam (4-membered cyclic amide) rings is 1. The van der Waals surface area contributed by atoms with E-state index in [1.165, 1.54) is 31.4 Å². The molecule has 3 aromatic rings. The highest BCUT2D eigenvalue weighted by Gasteiger charge is 2.38. The molecule has 0 unspecified atom stereocenters. The summed E-state index contributed by atoms with van der Waals surface area (Å²) in [5.41, 5.74) is 3.37. The van der Waals surface area contributed by atoms with E-state index in [9.17, 15) is 18.7 Å². The van der Waals surface area contributed by atoms with Gasteiger partial charge in [0.05, 0.1) is 18.2 Å². The van der Waals surface area contributed by atoms with Crippen molar-refractivity contribution in [1.29, 1.82) is 0 Å². The summed E-state index contributed by atoms with van der Waals surface area (Å²) in [6, 6.07) is 18.8. The molecule has 0 saturated carbocycles. The second-order valence-electron chi connectivity index (χ2n) is 7.13. The Morgan fingerprint density at radius 1 is 0.971 bits per heavy atom. The lowest BCUT2D eigenvalue weighted by Crippen LogP contribution is -2.46. The molecule has 1 aliphatic rings. The van der Waals surface area contributed by atoms with Gasteiger partial charge in [-0.15, -0.1) is 0 Å². The van der Waals surface area contributed by atoms with Gasteiger partial charge in [-0.25, -0.2) is 8.78 Å². The molecule has 1 aliphatic heterocycles. The third-order valence-corrected chi connectivity index (χ3v) is 5.04. The molecular formula is C27H30F2N2O3. The molecule has 1 saturated heterocycles. The number of benzene rings is 3. The van der Waals surface area contributed by atoms with Crippen LogP contribution in [-0.4, -0.2) is 23.8 Å². The maximum absolute atomic E-state index is 12.9. The van der Waals surface area contributed by atoms with Gasteiger partial charge in [-0.05, 0) is 66.1 Å². The van der Waals surface area contributed by atoms with Crippen molar-refractivity contribution >= 4 is 17.3 Å². The molecule has 1 amide bonds. The van der Waals surface area contributed by atoms with Crippen LogP contribution < -0.4 is 4.90 Å². The number of phenolic OH excluding ortho intramolecular Hbond substituents is 1. The van der Waals surface area contributed by atoms with Crippen LogP contribution in [0.3, 0.4) is 0 Å². The van der Waals surface area contributed by atoms with Gasteiger partial charge >= 0.3 is 0 Å². The summed E-state index contributed by atoms with van der Waals surface area (Å²) in [5.74, 6) is -0.345. The van der Waals surface area contributed by atoms with Crippen molar-refractivity contribution in [1.82, 2.24) is 0 Å². The maximum atomic E-state index is 12.9. The average molecular weight is 469 g/mol. The van der Waals surface area contributed by atoms with Gasteiger partial charge in [-0.1, -0.05) is 50.2 Å². The molecule has 0 radical (unpaired) electrons. The standard InChI is InChI=1S/C15H12FNO2.C10H12FNO.C2H6/c16-11-3-5-12(6-4-11)17-14(9-15(17)19)10-1-7-13(18)8-2-10;1-3-10(12-13-2)8-4-6-9(11)7-5-8;1-2/h1-8,14,18H,9H2;4-7H,3H2,1-2H3;1-2H3/b;12-10-;/t14-;;/m1../s1. The summed E-state index contributed by atoms with van der Waals surface area (Å²) in [5, 5.41) is 13.1. The van der Waals surface area contributed by atoms with E-state index in [1.54, 1.807) is 53.4 Å². The van der Waals surface area contributed by atoms with Crippen LogP contribution in [-0.2, 0) is 9.63 Å². The monoisotopic (exact) mass is 468 g/mol. The first-order chi connectivity index (χ1) is 16.4. The number of nitrogens with zero attached hydrogens (tertiary/aromatic N) is 2. The Labute approximate surface area is 199 Å². The summed E-state index contributed by atoms with van der Waals surface area (Å²) in [6.07, 6.45) is 1.20. The molecule has 3 aromatic carbocycles. The number of anilines is 1. The third-order valence-electron chi connectivity index (χ3n) is 5.04. The number of carbonyl (C=O) groups is 1. The Kier molecular flexibility index (Phi) is 10.2. The SMILES string of the molecule is CC.CC/C(=N/OC)c1ccc(F)cc1.O=C1C[C@H](c2ccc(O)cc2)N1c1ccc(F)cc1. The average Bonchev–Trinajstić information content (AvgIpc) is 2.85. The Morgan fingerprint density at radius 3 is 1.97 bits per heavy atom. The molecule has 5 nitrogen and oxygen atoms in total. The normalized spacial score (nSPS) is 14.8. The lowest BCUT2D eigenvalue weighted by atomic mass is 9.93. The van der Waals surface area contributed by atoms with Gasteiger partial charge < -0.3 is 14.8 Å². The summed E-state index contributed by atoms with van der Waals surface area (Å²) >= 11 is 0. The Hall–Kier alpha value is -3.74. The first-order valence-corrected chi connectivity index (χ1v) is 11.2. The van der Waals surface area contributed by atoms with Gasteiger partial charge in [0.25, 0.3) is 0 Å². The van der Waals surface area contributed by atoms with Gasteiger partial charge in [0.1, 0.15) is 24.5 Å². The molecule has 0 aromatic heterocycles. The second-order valence-corrected chi connectivity index (χ2v) is 7.13. The number of aromatic hydroxyl groups is 1. The number of hydrogen-bond donors (Lipinski definition) is 1. The van der Waals surface area contributed by atoms with Gasteiger partial charge in [-0.3, -0.25) is 4.79 Å². The Morgan fingerprint density at radius 2 is 1.50 bits per heavy atom. The highest BCUT2D eigenvalue weighted by molar-refractivity contribution is 6.01. The third kappa shape index (κ3) is 6.88. The van der Waals surface area contributed by atoms with Crippen molar-refractivity contribution in [3.05, 3.63) is 95.6 Å². The Bertz CT molecular complexity index is 1070. The summed E-state index contributed by atoms with van der Waals surface area (Å²) < 4.78 is 25.5. The van der Waals surface area contributed by atoms with Gasteiger partial charge in [-0.2, -0.15) is 0 Å². The topological polar surface area (TPSA) is 62.1 Å². The largest absolute Gasteiger partial charge is 0.508 e. The molecule has 7 heteroatoms. The first-order valence-electron chi connectivity index (χ1n) is 11.2. The fourth-order valence-electron chi connectivity index (χ4n) is 3.38. The van der Waals surface area contributed by atoms with E-state index in [4.69, 9.17) is 0 Å². The smallest absolute Gasteiger partial charge is 0.230 e. The van der Waals surface area contributed by atoms with Crippen LogP contribution in [0.15, 0.2) is 78.0 Å². The molecule has 1 N–H and O–H groups in total. The van der Waals surface area contributed by atoms with Crippen molar-refractivity contribution in [2.75, 3.05) is 12.0 Å². The molecule has 0 aliphatic carbocycles. The van der Waals surface area contributed by atoms with Gasteiger partial charge in [0, 0.05) is 5.69 Å². The minimum absolute atomic E-state index is 0.0182. The number of hydrogen-bond acceptors (Lipinski definition) is 4. The zero-order chi connectivity index (χ0) is 25.1. The van der Waals surface area contributed by atoms with Gasteiger partial charge in [0.15, 0.2) is 0 Å². The highest BCUT2D eigenvalue weighted by Crippen LogP contribution is 2.39. The van der Waals surface area contributed by atoms with Crippen LogP contribution in [0, 0.1) is 11.6 Å². The Balaban J connectivity index is 0.000000239. The highest BCUT2D eigenvalue weighted by atomic mass is 19.1. The maximum Gasteiger partial charge on any atom is 0.230 e. The fourth-order valence-corrected chi connectivity index (χ4v) is 3.38. The molecule has 34 heavy (non-hydrogen) atoms. The van der Waals surface area contributed by atoms with Crippen LogP contribution in [0.1, 0.15) is 50.8 Å². The number of phenols is 1. The molecular weight excluding hydrogens is 438 g/mol. The molecule has 0 spiro atoms. The van der Waals surface area contributed by atoms with E-state index in [2.05, 4.69) is 9.99 Å². The van der Waals surface area contributed by atoms with Crippen molar-refractivity contribution in [3.8, 4) is 5.75 Å². The van der Waals surface area contributed by atoms with Crippen LogP contribution in [0.25, 0.3) is 0 Å². The van der Waals surface area contributed by atoms with E-state index in [-0.39, 0.29) is 29.3 Å². The minimum atomic E-state index is -0.321. The number of amides is 1. The van der Waals surface area contributed by atoms with E-state index >= 15 is 0 Å². The number of oxime groups is 1. The van der Waals surface area contributed by atoms with Gasteiger partial charge in [0.2, 0.25) is 5.91 Å². The van der Waals surface area contributed by atoms with E-state index in [0.29, 0.717) is 12.1 Å². The predicted octanol–water partition coefficient (Wildman–Crippen LogP) is 6.62. The molecule has 180 valence electrons. The van der Waals surface area contributed by atoms with E-state index < -0.39 is 0 Å². The van der Waals surface area contributed by atoms with Crippen LogP contribution in [0.4, 0.5) is 14.5 Å². The zero-order valence-corrected chi connectivity index (χ0v) is 19.8. The molecule has 1 fully saturated rings. The number of carbonyl (C=O) groups excluding carboxylic acids is 1. The summed E-state index contributed by atoms with van der Waals surface area (Å²) in [6.45, 7) is 5.97. The van der Waals surface area contributed by atoms with Crippen molar-refractivity contribution in [2.24, 2.45) is 5.16 Å². The van der Waals surface area contributed by atoms with Crippen molar-refractivity contribution < 1.29 is 23.5 Å². The summed E-state index contributed by atoms with van der Waals surface area (Å²) in [7, 11) is 1.50. The molecule has 4 rings (SSSR count). The van der Waals surface area contributed by atoms with Crippen LogP contribution in [0.5, 0.6) is 5.75 Å². The number of halogens is 2. The molecule has 0 bridgehead atoms. The molecule has 1 heterocycles. The lowest BCUT2D eigenvalue weighted by molar-refractivity contribution is -0.124. The van der Waals surface area contributed by atoms with Crippen LogP contribution in [0.2, 0.25) is 0 Å². The second kappa shape index (κ2) is 13.1.